The topological polar surface area (TPSA) is 96.5 Å². The van der Waals surface area contributed by atoms with E-state index in [0.29, 0.717) is 24.4 Å². The number of aromatic nitrogens is 2. The van der Waals surface area contributed by atoms with Gasteiger partial charge in [0.25, 0.3) is 0 Å². The molecule has 0 bridgehead atoms. The van der Waals surface area contributed by atoms with Crippen LogP contribution in [0.25, 0.3) is 20.8 Å². The van der Waals surface area contributed by atoms with E-state index in [0.717, 1.165) is 52.2 Å². The van der Waals surface area contributed by atoms with Crippen LogP contribution < -0.4 is 15.4 Å². The molecule has 4 heterocycles. The minimum Gasteiger partial charge on any atom is -0.453 e. The van der Waals surface area contributed by atoms with E-state index in [1.807, 2.05) is 36.9 Å². The zero-order valence-corrected chi connectivity index (χ0v) is 22.7. The molecule has 39 heavy (non-hydrogen) atoms. The van der Waals surface area contributed by atoms with Gasteiger partial charge in [-0.1, -0.05) is 19.9 Å². The highest BCUT2D eigenvalue weighted by Crippen LogP contribution is 2.39. The van der Waals surface area contributed by atoms with Crippen molar-refractivity contribution in [3.05, 3.63) is 66.2 Å². The Morgan fingerprint density at radius 2 is 1.97 bits per heavy atom. The van der Waals surface area contributed by atoms with E-state index < -0.39 is 5.82 Å². The van der Waals surface area contributed by atoms with Crippen molar-refractivity contribution in [1.29, 1.82) is 0 Å². The molecule has 5 rings (SSSR count). The first-order chi connectivity index (χ1) is 18.9. The van der Waals surface area contributed by atoms with E-state index in [4.69, 9.17) is 4.74 Å². The normalized spacial score (nSPS) is 13.3. The number of hydrogen-bond acceptors (Lipinski definition) is 6. The molecule has 0 saturated carbocycles. The number of benzene rings is 1. The maximum absolute atomic E-state index is 14.9. The van der Waals surface area contributed by atoms with Gasteiger partial charge in [-0.3, -0.25) is 14.8 Å². The van der Waals surface area contributed by atoms with Gasteiger partial charge in [0, 0.05) is 55.8 Å². The first-order valence-corrected chi connectivity index (χ1v) is 13.9. The zero-order chi connectivity index (χ0) is 27.4. The lowest BCUT2D eigenvalue weighted by Crippen LogP contribution is -2.37. The summed E-state index contributed by atoms with van der Waals surface area (Å²) < 4.78 is 21.6. The quantitative estimate of drug-likeness (QED) is 0.242. The highest BCUT2D eigenvalue weighted by atomic mass is 32.1. The van der Waals surface area contributed by atoms with E-state index in [1.54, 1.807) is 24.5 Å². The van der Waals surface area contributed by atoms with E-state index in [9.17, 15) is 14.0 Å². The number of amides is 3. The third-order valence-corrected chi connectivity index (χ3v) is 7.89. The number of fused-ring (bicyclic) bond motifs is 1. The molecule has 1 aliphatic rings. The molecule has 3 amide bonds. The van der Waals surface area contributed by atoms with Crippen LogP contribution in [0.3, 0.4) is 0 Å². The fraction of sp³-hybridized carbons (Fsp3) is 0.310. The van der Waals surface area contributed by atoms with E-state index in [2.05, 4.69) is 20.6 Å². The van der Waals surface area contributed by atoms with Crippen LogP contribution in [0.1, 0.15) is 45.1 Å². The molecule has 0 atom stereocenters. The fourth-order valence-electron chi connectivity index (χ4n) is 4.50. The summed E-state index contributed by atoms with van der Waals surface area (Å²) in [5.41, 5.74) is 2.83. The first kappa shape index (κ1) is 26.6. The highest BCUT2D eigenvalue weighted by molar-refractivity contribution is 7.22. The largest absolute Gasteiger partial charge is 0.453 e. The van der Waals surface area contributed by atoms with Crippen molar-refractivity contribution in [3.63, 3.8) is 0 Å². The summed E-state index contributed by atoms with van der Waals surface area (Å²) in [6.07, 6.45) is 6.57. The summed E-state index contributed by atoms with van der Waals surface area (Å²) in [6, 6.07) is 11.6. The van der Waals surface area contributed by atoms with Gasteiger partial charge in [-0.2, -0.15) is 0 Å². The second-order valence-corrected chi connectivity index (χ2v) is 10.5. The number of nitrogens with one attached hydrogen (secondary N) is 2. The molecule has 1 aliphatic heterocycles. The number of anilines is 1. The Balaban J connectivity index is 1.30. The average Bonchev–Trinajstić information content (AvgIpc) is 3.56. The fourth-order valence-corrected chi connectivity index (χ4v) is 5.54. The van der Waals surface area contributed by atoms with Crippen molar-refractivity contribution < 1.29 is 18.7 Å². The van der Waals surface area contributed by atoms with Gasteiger partial charge in [0.1, 0.15) is 5.75 Å². The van der Waals surface area contributed by atoms with Gasteiger partial charge in [-0.25, -0.2) is 9.18 Å². The smallest absolute Gasteiger partial charge is 0.319 e. The van der Waals surface area contributed by atoms with Crippen LogP contribution in [0.5, 0.6) is 11.5 Å². The number of ether oxygens (including phenoxy) is 1. The van der Waals surface area contributed by atoms with Gasteiger partial charge in [-0.15, -0.1) is 11.3 Å². The summed E-state index contributed by atoms with van der Waals surface area (Å²) in [6.45, 7) is 5.36. The van der Waals surface area contributed by atoms with Crippen molar-refractivity contribution in [3.8, 4) is 22.1 Å². The van der Waals surface area contributed by atoms with E-state index >= 15 is 0 Å². The maximum atomic E-state index is 14.9. The molecule has 1 aromatic carbocycles. The lowest BCUT2D eigenvalue weighted by atomic mass is 10.2. The maximum Gasteiger partial charge on any atom is 0.319 e. The number of nitrogens with zero attached hydrogens (tertiary/aromatic N) is 3. The lowest BCUT2D eigenvalue weighted by Gasteiger charge is -2.15. The lowest BCUT2D eigenvalue weighted by molar-refractivity contribution is -0.128. The Hall–Kier alpha value is -4.05. The van der Waals surface area contributed by atoms with Crippen LogP contribution >= 0.6 is 11.3 Å². The van der Waals surface area contributed by atoms with Crippen molar-refractivity contribution in [2.75, 3.05) is 11.9 Å². The van der Waals surface area contributed by atoms with Crippen LogP contribution in [0.15, 0.2) is 54.9 Å². The van der Waals surface area contributed by atoms with Crippen molar-refractivity contribution in [1.82, 2.24) is 20.2 Å². The summed E-state index contributed by atoms with van der Waals surface area (Å²) in [5, 5.41) is 5.54. The van der Waals surface area contributed by atoms with Crippen molar-refractivity contribution in [2.24, 2.45) is 0 Å². The molecule has 0 aliphatic carbocycles. The average molecular weight is 548 g/mol. The van der Waals surface area contributed by atoms with E-state index in [-0.39, 0.29) is 23.7 Å². The summed E-state index contributed by atoms with van der Waals surface area (Å²) in [7, 11) is 0. The molecule has 0 spiro atoms. The zero-order valence-electron chi connectivity index (χ0n) is 21.9. The second-order valence-electron chi connectivity index (χ2n) is 9.46. The van der Waals surface area contributed by atoms with Crippen LogP contribution in [-0.4, -0.2) is 39.4 Å². The molecule has 3 aromatic heterocycles. The van der Waals surface area contributed by atoms with Gasteiger partial charge in [-0.05, 0) is 49.1 Å². The molecule has 8 nitrogen and oxygen atoms in total. The standard InChI is InChI=1S/C29H30FN5O3S/c1-3-19(4-2)33-29(37)34-20-8-10-24(21(30)14-20)38-25-11-12-31-23-15-26(39-28(23)25)22-9-7-18(16-32-22)17-35-13-5-6-27(35)36/h7-12,14-16,19H,3-6,13,17H2,1-2H3,(H2,33,34,37). The number of carbonyl (C=O) groups excluding carboxylic acids is 2. The third kappa shape index (κ3) is 6.17. The van der Waals surface area contributed by atoms with Crippen LogP contribution in [0, 0.1) is 5.82 Å². The molecule has 2 N–H and O–H groups in total. The molecule has 1 saturated heterocycles. The summed E-state index contributed by atoms with van der Waals surface area (Å²) >= 11 is 1.46. The predicted molar refractivity (Wildman–Crippen MR) is 151 cm³/mol. The van der Waals surface area contributed by atoms with Crippen LogP contribution in [0.4, 0.5) is 14.9 Å². The number of pyridine rings is 2. The number of thiophene rings is 1. The number of rotatable bonds is 9. The molecule has 10 heteroatoms. The SMILES string of the molecule is CCC(CC)NC(=O)Nc1ccc(Oc2ccnc3cc(-c4ccc(CN5CCCC5=O)cn4)sc23)c(F)c1. The number of urea groups is 1. The van der Waals surface area contributed by atoms with Gasteiger partial charge in [0.15, 0.2) is 11.6 Å². The van der Waals surface area contributed by atoms with Gasteiger partial charge in [0.2, 0.25) is 5.91 Å². The molecule has 0 unspecified atom stereocenters. The van der Waals surface area contributed by atoms with Gasteiger partial charge < -0.3 is 20.3 Å². The Morgan fingerprint density at radius 1 is 1.13 bits per heavy atom. The van der Waals surface area contributed by atoms with Gasteiger partial charge in [0.05, 0.1) is 20.8 Å². The Bertz CT molecular complexity index is 1490. The highest BCUT2D eigenvalue weighted by Gasteiger charge is 2.20. The Morgan fingerprint density at radius 3 is 2.67 bits per heavy atom. The van der Waals surface area contributed by atoms with Crippen molar-refractivity contribution in [2.45, 2.75) is 52.1 Å². The minimum atomic E-state index is -0.592. The van der Waals surface area contributed by atoms with E-state index in [1.165, 1.54) is 23.5 Å². The Kier molecular flexibility index (Phi) is 8.02. The van der Waals surface area contributed by atoms with Gasteiger partial charge >= 0.3 is 6.03 Å². The number of hydrogen-bond donors (Lipinski definition) is 2. The number of halogens is 1. The second kappa shape index (κ2) is 11.8. The predicted octanol–water partition coefficient (Wildman–Crippen LogP) is 6.72. The molecular weight excluding hydrogens is 517 g/mol. The molecular formula is C29H30FN5O3S. The Labute approximate surface area is 230 Å². The molecule has 1 fully saturated rings. The first-order valence-electron chi connectivity index (χ1n) is 13.1. The van der Waals surface area contributed by atoms with Crippen molar-refractivity contribution >= 4 is 39.2 Å². The monoisotopic (exact) mass is 547 g/mol. The molecule has 202 valence electrons. The van der Waals surface area contributed by atoms with Crippen LogP contribution in [-0.2, 0) is 11.3 Å². The summed E-state index contributed by atoms with van der Waals surface area (Å²) in [4.78, 5) is 35.9. The minimum absolute atomic E-state index is 0.0438. The van der Waals surface area contributed by atoms with Crippen LogP contribution in [0.2, 0.25) is 0 Å². The molecule has 4 aromatic rings. The number of carbonyl (C=O) groups is 2. The molecule has 0 radical (unpaired) electrons. The summed E-state index contributed by atoms with van der Waals surface area (Å²) in [5.74, 6) is 0.117. The number of likely N-dealkylation sites (tertiary alicyclic amines) is 1. The third-order valence-electron chi connectivity index (χ3n) is 6.73.